The summed E-state index contributed by atoms with van der Waals surface area (Å²) in [6, 6.07) is 10.3. The molecule has 0 bridgehead atoms. The van der Waals surface area contributed by atoms with E-state index in [2.05, 4.69) is 10.6 Å². The van der Waals surface area contributed by atoms with Gasteiger partial charge in [0.2, 0.25) is 11.8 Å². The Hall–Kier alpha value is -2.57. The van der Waals surface area contributed by atoms with Crippen LogP contribution >= 0.6 is 23.2 Å². The second kappa shape index (κ2) is 8.69. The molecule has 0 aliphatic heterocycles. The molecule has 3 amide bonds. The molecule has 0 aromatic heterocycles. The van der Waals surface area contributed by atoms with E-state index in [-0.39, 0.29) is 17.9 Å². The van der Waals surface area contributed by atoms with Crippen LogP contribution < -0.4 is 16.4 Å². The van der Waals surface area contributed by atoms with Crippen LogP contribution in [0.15, 0.2) is 42.5 Å². The molecule has 0 fully saturated rings. The first-order valence-corrected chi connectivity index (χ1v) is 8.44. The minimum Gasteiger partial charge on any atom is -0.368 e. The van der Waals surface area contributed by atoms with Crippen LogP contribution in [0, 0.1) is 0 Å². The molecule has 6 nitrogen and oxygen atoms in total. The van der Waals surface area contributed by atoms with Gasteiger partial charge in [-0.15, -0.1) is 0 Å². The number of hydrogen-bond acceptors (Lipinski definition) is 3. The van der Waals surface area contributed by atoms with E-state index in [1.54, 1.807) is 36.4 Å². The van der Waals surface area contributed by atoms with Crippen molar-refractivity contribution in [1.29, 1.82) is 0 Å². The normalized spacial score (nSPS) is 11.5. The summed E-state index contributed by atoms with van der Waals surface area (Å²) in [4.78, 5) is 35.4. The van der Waals surface area contributed by atoms with Crippen LogP contribution in [0.5, 0.6) is 0 Å². The standard InChI is InChI=1S/C18H17Cl2N3O3/c1-10(24)22-12-5-2-4-11(8-12)18(26)23-16(17(21)25)9-13-14(19)6-3-7-15(13)20/h2-8,16H,9H2,1H3,(H2,21,25)(H,22,24)(H,23,26)/t16-/m0/s1. The summed E-state index contributed by atoms with van der Waals surface area (Å²) in [7, 11) is 0. The van der Waals surface area contributed by atoms with Crippen LogP contribution in [-0.2, 0) is 16.0 Å². The second-order valence-electron chi connectivity index (χ2n) is 5.59. The molecule has 0 aliphatic rings. The topological polar surface area (TPSA) is 101 Å². The number of hydrogen-bond donors (Lipinski definition) is 3. The lowest BCUT2D eigenvalue weighted by molar-refractivity contribution is -0.119. The Morgan fingerprint density at radius 3 is 2.27 bits per heavy atom. The summed E-state index contributed by atoms with van der Waals surface area (Å²) in [6.45, 7) is 1.36. The van der Waals surface area contributed by atoms with Gasteiger partial charge >= 0.3 is 0 Å². The summed E-state index contributed by atoms with van der Waals surface area (Å²) >= 11 is 12.2. The molecular weight excluding hydrogens is 377 g/mol. The Balaban J connectivity index is 2.18. The van der Waals surface area contributed by atoms with Gasteiger partial charge in [-0.05, 0) is 35.9 Å². The molecule has 0 spiro atoms. The molecule has 0 aliphatic carbocycles. The van der Waals surface area contributed by atoms with Crippen molar-refractivity contribution in [2.45, 2.75) is 19.4 Å². The number of primary amides is 1. The van der Waals surface area contributed by atoms with E-state index >= 15 is 0 Å². The van der Waals surface area contributed by atoms with Crippen LogP contribution in [0.1, 0.15) is 22.8 Å². The quantitative estimate of drug-likeness (QED) is 0.702. The van der Waals surface area contributed by atoms with Gasteiger partial charge < -0.3 is 16.4 Å². The molecule has 0 radical (unpaired) electrons. The molecule has 0 saturated carbocycles. The first-order valence-electron chi connectivity index (χ1n) is 7.68. The van der Waals surface area contributed by atoms with E-state index in [4.69, 9.17) is 28.9 Å². The van der Waals surface area contributed by atoms with Gasteiger partial charge in [-0.2, -0.15) is 0 Å². The van der Waals surface area contributed by atoms with Crippen molar-refractivity contribution in [1.82, 2.24) is 5.32 Å². The van der Waals surface area contributed by atoms with Crippen LogP contribution in [0.2, 0.25) is 10.0 Å². The zero-order valence-corrected chi connectivity index (χ0v) is 15.4. The summed E-state index contributed by atoms with van der Waals surface area (Å²) in [5.41, 5.74) is 6.67. The summed E-state index contributed by atoms with van der Waals surface area (Å²) in [5.74, 6) is -1.48. The van der Waals surface area contributed by atoms with Crippen LogP contribution in [0.25, 0.3) is 0 Å². The van der Waals surface area contributed by atoms with Gasteiger partial charge in [-0.25, -0.2) is 0 Å². The van der Waals surface area contributed by atoms with Crippen molar-refractivity contribution in [3.05, 3.63) is 63.6 Å². The minimum atomic E-state index is -0.996. The van der Waals surface area contributed by atoms with Crippen LogP contribution in [-0.4, -0.2) is 23.8 Å². The molecule has 0 heterocycles. The molecule has 136 valence electrons. The average molecular weight is 394 g/mol. The average Bonchev–Trinajstić information content (AvgIpc) is 2.56. The van der Waals surface area contributed by atoms with Gasteiger partial charge in [-0.1, -0.05) is 35.3 Å². The zero-order valence-electron chi connectivity index (χ0n) is 13.9. The van der Waals surface area contributed by atoms with E-state index < -0.39 is 17.9 Å². The van der Waals surface area contributed by atoms with Crippen LogP contribution in [0.4, 0.5) is 5.69 Å². The van der Waals surface area contributed by atoms with Gasteiger partial charge in [0, 0.05) is 34.6 Å². The fourth-order valence-electron chi connectivity index (χ4n) is 2.34. The lowest BCUT2D eigenvalue weighted by atomic mass is 10.0. The fourth-order valence-corrected chi connectivity index (χ4v) is 2.89. The maximum Gasteiger partial charge on any atom is 0.252 e. The molecular formula is C18H17Cl2N3O3. The van der Waals surface area contributed by atoms with Gasteiger partial charge in [0.25, 0.3) is 5.91 Å². The third-order valence-electron chi connectivity index (χ3n) is 3.56. The SMILES string of the molecule is CC(=O)Nc1cccc(C(=O)N[C@@H](Cc2c(Cl)cccc2Cl)C(N)=O)c1. The van der Waals surface area contributed by atoms with Crippen LogP contribution in [0.3, 0.4) is 0 Å². The fraction of sp³-hybridized carbons (Fsp3) is 0.167. The molecule has 2 aromatic rings. The summed E-state index contributed by atoms with van der Waals surface area (Å²) in [6.07, 6.45) is 0.0605. The van der Waals surface area contributed by atoms with Crippen molar-refractivity contribution >= 4 is 46.6 Å². The number of nitrogens with two attached hydrogens (primary N) is 1. The monoisotopic (exact) mass is 393 g/mol. The lowest BCUT2D eigenvalue weighted by Crippen LogP contribution is -2.46. The van der Waals surface area contributed by atoms with Crippen molar-refractivity contribution in [3.8, 4) is 0 Å². The highest BCUT2D eigenvalue weighted by atomic mass is 35.5. The highest BCUT2D eigenvalue weighted by Crippen LogP contribution is 2.25. The molecule has 4 N–H and O–H groups in total. The molecule has 0 saturated heterocycles. The number of nitrogens with one attached hydrogen (secondary N) is 2. The minimum absolute atomic E-state index is 0.0605. The van der Waals surface area contributed by atoms with Gasteiger partial charge in [0.05, 0.1) is 0 Å². The Bertz CT molecular complexity index is 835. The number of carbonyl (C=O) groups excluding carboxylic acids is 3. The van der Waals surface area contributed by atoms with Crippen molar-refractivity contribution in [2.75, 3.05) is 5.32 Å². The Morgan fingerprint density at radius 2 is 1.69 bits per heavy atom. The smallest absolute Gasteiger partial charge is 0.252 e. The summed E-state index contributed by atoms with van der Waals surface area (Å²) in [5, 5.41) is 5.92. The third-order valence-corrected chi connectivity index (χ3v) is 4.27. The Morgan fingerprint density at radius 1 is 1.08 bits per heavy atom. The van der Waals surface area contributed by atoms with Crippen molar-refractivity contribution in [3.63, 3.8) is 0 Å². The third kappa shape index (κ3) is 5.21. The van der Waals surface area contributed by atoms with E-state index in [9.17, 15) is 14.4 Å². The van der Waals surface area contributed by atoms with E-state index in [0.717, 1.165) is 0 Å². The number of halogens is 2. The number of anilines is 1. The lowest BCUT2D eigenvalue weighted by Gasteiger charge is -2.17. The molecule has 2 aromatic carbocycles. The highest BCUT2D eigenvalue weighted by Gasteiger charge is 2.22. The highest BCUT2D eigenvalue weighted by molar-refractivity contribution is 6.36. The van der Waals surface area contributed by atoms with Gasteiger partial charge in [-0.3, -0.25) is 14.4 Å². The first kappa shape index (κ1) is 19.8. The zero-order chi connectivity index (χ0) is 19.3. The molecule has 1 atom stereocenters. The second-order valence-corrected chi connectivity index (χ2v) is 6.41. The molecule has 2 rings (SSSR count). The van der Waals surface area contributed by atoms with E-state index in [1.165, 1.54) is 13.0 Å². The predicted octanol–water partition coefficient (Wildman–Crippen LogP) is 2.78. The van der Waals surface area contributed by atoms with Gasteiger partial charge in [0.15, 0.2) is 0 Å². The number of amides is 3. The maximum atomic E-state index is 12.5. The van der Waals surface area contributed by atoms with E-state index in [0.29, 0.717) is 21.3 Å². The number of rotatable bonds is 6. The molecule has 0 unspecified atom stereocenters. The predicted molar refractivity (Wildman–Crippen MR) is 101 cm³/mol. The van der Waals surface area contributed by atoms with Crippen molar-refractivity contribution in [2.24, 2.45) is 5.73 Å². The first-order chi connectivity index (χ1) is 12.3. The Kier molecular flexibility index (Phi) is 6.60. The molecule has 8 heteroatoms. The largest absolute Gasteiger partial charge is 0.368 e. The number of benzene rings is 2. The maximum absolute atomic E-state index is 12.5. The van der Waals surface area contributed by atoms with Crippen molar-refractivity contribution < 1.29 is 14.4 Å². The number of carbonyl (C=O) groups is 3. The Labute approximate surface area is 160 Å². The van der Waals surface area contributed by atoms with Gasteiger partial charge in [0.1, 0.15) is 6.04 Å². The summed E-state index contributed by atoms with van der Waals surface area (Å²) < 4.78 is 0. The van der Waals surface area contributed by atoms with E-state index in [1.807, 2.05) is 0 Å². The molecule has 26 heavy (non-hydrogen) atoms.